The van der Waals surface area contributed by atoms with Gasteiger partial charge in [0, 0.05) is 45.0 Å². The number of rotatable bonds is 5. The van der Waals surface area contributed by atoms with Crippen LogP contribution in [0.1, 0.15) is 43.2 Å². The van der Waals surface area contributed by atoms with Gasteiger partial charge in [-0.2, -0.15) is 23.1 Å². The Morgan fingerprint density at radius 1 is 1.14 bits per heavy atom. The maximum absolute atomic E-state index is 15.8. The highest BCUT2D eigenvalue weighted by atomic mass is 19.4. The van der Waals surface area contributed by atoms with Crippen molar-refractivity contribution in [1.82, 2.24) is 35.1 Å². The van der Waals surface area contributed by atoms with E-state index >= 15 is 4.39 Å². The van der Waals surface area contributed by atoms with Crippen molar-refractivity contribution in [2.24, 2.45) is 0 Å². The Labute approximate surface area is 281 Å². The zero-order valence-electron chi connectivity index (χ0n) is 27.9. The summed E-state index contributed by atoms with van der Waals surface area (Å²) in [4.78, 5) is 33.8. The molecule has 49 heavy (non-hydrogen) atoms. The highest BCUT2D eigenvalue weighted by molar-refractivity contribution is 5.92. The standard InChI is InChI=1S/C23H23F4N7O2.C7H12FN.C3H7N/c1-5-15(35)34-7-6-12(10-34)33(3)21-13-9-29-20(17(24)18(13)31-22(32-21)36-4)19-16(23(25,26)27)11(2)8-14(28)30-19;8-6-4-7-2-1-3-9(7)5-6;1-2-4-3-1/h5,8-9,12H,1,6-7,10H2,2-4H3,(H2,28,30);6-7H,1-5H2;4H,1-3H2. The molecule has 3 unspecified atom stereocenters. The summed E-state index contributed by atoms with van der Waals surface area (Å²) < 4.78 is 75.0. The fraction of sp³-hybridized carbons (Fsp3) is 0.545. The maximum atomic E-state index is 15.8. The Morgan fingerprint density at radius 3 is 2.47 bits per heavy atom. The Bertz CT molecular complexity index is 1650. The Morgan fingerprint density at radius 2 is 1.86 bits per heavy atom. The first kappa shape index (κ1) is 36.1. The molecule has 0 bridgehead atoms. The SMILES string of the molecule is C1CNC1.C=CC(=O)N1CCC(N(C)c2nc(OC)nc3c(F)c(-c4nc(N)cc(C)c4C(F)(F)F)ncc23)C1.FC1CC2CCCN2C1. The van der Waals surface area contributed by atoms with Crippen molar-refractivity contribution in [3.63, 3.8) is 0 Å². The summed E-state index contributed by atoms with van der Waals surface area (Å²) in [6, 6.07) is 1.31. The zero-order chi connectivity index (χ0) is 35.5. The molecule has 16 heteroatoms. The number of fused-ring (bicyclic) bond motifs is 2. The number of likely N-dealkylation sites (tertiary alicyclic amines) is 1. The van der Waals surface area contributed by atoms with Gasteiger partial charge in [0.15, 0.2) is 5.82 Å². The first-order valence-electron chi connectivity index (χ1n) is 16.3. The van der Waals surface area contributed by atoms with Crippen LogP contribution in [0.25, 0.3) is 22.3 Å². The van der Waals surface area contributed by atoms with E-state index in [0.717, 1.165) is 19.0 Å². The predicted molar refractivity (Wildman–Crippen MR) is 176 cm³/mol. The lowest BCUT2D eigenvalue weighted by atomic mass is 10.0. The minimum atomic E-state index is -4.82. The number of nitrogens with one attached hydrogen (secondary N) is 1. The molecule has 3 aromatic heterocycles. The Balaban J connectivity index is 0.000000295. The van der Waals surface area contributed by atoms with Crippen molar-refractivity contribution < 1.29 is 31.5 Å². The number of amides is 1. The van der Waals surface area contributed by atoms with Crippen LogP contribution in [0.15, 0.2) is 24.9 Å². The number of anilines is 2. The number of carbonyl (C=O) groups excluding carboxylic acids is 1. The van der Waals surface area contributed by atoms with Gasteiger partial charge in [0.2, 0.25) is 5.91 Å². The number of aryl methyl sites for hydroxylation is 1. The van der Waals surface area contributed by atoms with E-state index in [4.69, 9.17) is 10.5 Å². The fourth-order valence-electron chi connectivity index (χ4n) is 6.54. The summed E-state index contributed by atoms with van der Waals surface area (Å²) in [5.74, 6) is -1.29. The van der Waals surface area contributed by atoms with Gasteiger partial charge in [-0.05, 0) is 76.4 Å². The number of aromatic nitrogens is 4. The number of alkyl halides is 4. The second kappa shape index (κ2) is 15.2. The molecule has 4 saturated heterocycles. The molecule has 3 aromatic rings. The number of hydrogen-bond acceptors (Lipinski definition) is 10. The summed E-state index contributed by atoms with van der Waals surface area (Å²) in [6.45, 7) is 9.94. The number of likely N-dealkylation sites (N-methyl/N-ethyl adjacent to an activating group) is 1. The number of hydrogen-bond donors (Lipinski definition) is 2. The highest BCUT2D eigenvalue weighted by Gasteiger charge is 2.39. The molecular formula is C33H42F5N9O2. The van der Waals surface area contributed by atoms with Crippen LogP contribution in [-0.4, -0.2) is 107 Å². The van der Waals surface area contributed by atoms with Crippen LogP contribution < -0.4 is 20.7 Å². The van der Waals surface area contributed by atoms with Crippen LogP contribution in [0, 0.1) is 12.7 Å². The van der Waals surface area contributed by atoms with Gasteiger partial charge in [-0.1, -0.05) is 6.58 Å². The predicted octanol–water partition coefficient (Wildman–Crippen LogP) is 4.54. The zero-order valence-corrected chi connectivity index (χ0v) is 27.9. The van der Waals surface area contributed by atoms with Crippen LogP contribution in [0.3, 0.4) is 0 Å². The van der Waals surface area contributed by atoms with E-state index in [1.807, 2.05) is 0 Å². The number of halogens is 5. The summed E-state index contributed by atoms with van der Waals surface area (Å²) in [5.41, 5.74) is 2.65. The number of methoxy groups -OCH3 is 1. The molecule has 7 rings (SSSR count). The molecule has 0 aromatic carbocycles. The molecule has 1 amide bonds. The quantitative estimate of drug-likeness (QED) is 0.291. The number of nitrogen functional groups attached to an aromatic ring is 1. The monoisotopic (exact) mass is 691 g/mol. The summed E-state index contributed by atoms with van der Waals surface area (Å²) in [7, 11) is 3.00. The largest absolute Gasteiger partial charge is 0.467 e. The van der Waals surface area contributed by atoms with Gasteiger partial charge in [0.25, 0.3) is 0 Å². The first-order chi connectivity index (χ1) is 23.3. The molecule has 266 valence electrons. The topological polar surface area (TPSA) is 126 Å². The lowest BCUT2D eigenvalue weighted by Gasteiger charge is -2.27. The summed E-state index contributed by atoms with van der Waals surface area (Å²) >= 11 is 0. The lowest BCUT2D eigenvalue weighted by Crippen LogP contribution is -2.36. The van der Waals surface area contributed by atoms with Crippen LogP contribution in [0.4, 0.5) is 33.6 Å². The van der Waals surface area contributed by atoms with E-state index in [0.29, 0.717) is 32.1 Å². The average molecular weight is 692 g/mol. The van der Waals surface area contributed by atoms with Crippen molar-refractivity contribution in [2.75, 3.05) is 64.1 Å². The van der Waals surface area contributed by atoms with Crippen LogP contribution in [-0.2, 0) is 11.0 Å². The normalized spacial score (nSPS) is 21.6. The molecule has 4 aliphatic rings. The Hall–Kier alpha value is -4.18. The molecule has 4 aliphatic heterocycles. The molecule has 0 spiro atoms. The highest BCUT2D eigenvalue weighted by Crippen LogP contribution is 2.41. The van der Waals surface area contributed by atoms with Crippen molar-refractivity contribution in [1.29, 1.82) is 0 Å². The van der Waals surface area contributed by atoms with Gasteiger partial charge in [0.1, 0.15) is 34.7 Å². The van der Waals surface area contributed by atoms with E-state index in [2.05, 4.69) is 36.7 Å². The van der Waals surface area contributed by atoms with E-state index in [1.165, 1.54) is 58.7 Å². The van der Waals surface area contributed by atoms with Crippen LogP contribution in [0.5, 0.6) is 6.01 Å². The van der Waals surface area contributed by atoms with E-state index in [9.17, 15) is 22.4 Å². The van der Waals surface area contributed by atoms with Gasteiger partial charge >= 0.3 is 12.2 Å². The number of ether oxygens (including phenoxy) is 1. The molecule has 7 heterocycles. The van der Waals surface area contributed by atoms with Gasteiger partial charge < -0.3 is 25.6 Å². The van der Waals surface area contributed by atoms with Gasteiger partial charge in [-0.25, -0.2) is 13.8 Å². The first-order valence-corrected chi connectivity index (χ1v) is 16.3. The average Bonchev–Trinajstić information content (AvgIpc) is 3.76. The second-order valence-corrected chi connectivity index (χ2v) is 12.6. The minimum Gasteiger partial charge on any atom is -0.467 e. The number of nitrogens with two attached hydrogens (primary N) is 1. The molecule has 11 nitrogen and oxygen atoms in total. The molecule has 3 atom stereocenters. The van der Waals surface area contributed by atoms with E-state index in [1.54, 1.807) is 16.8 Å². The number of pyridine rings is 2. The minimum absolute atomic E-state index is 0.155. The van der Waals surface area contributed by atoms with Crippen molar-refractivity contribution in [2.45, 2.75) is 63.5 Å². The van der Waals surface area contributed by atoms with E-state index in [-0.39, 0.29) is 46.1 Å². The van der Waals surface area contributed by atoms with Crippen molar-refractivity contribution >= 4 is 28.4 Å². The molecule has 4 fully saturated rings. The second-order valence-electron chi connectivity index (χ2n) is 12.6. The van der Waals surface area contributed by atoms with Crippen LogP contribution >= 0.6 is 0 Å². The number of nitrogens with zero attached hydrogens (tertiary/aromatic N) is 7. The maximum Gasteiger partial charge on any atom is 0.418 e. The lowest BCUT2D eigenvalue weighted by molar-refractivity contribution is -0.137. The smallest absolute Gasteiger partial charge is 0.418 e. The van der Waals surface area contributed by atoms with Crippen molar-refractivity contribution in [3.8, 4) is 17.4 Å². The Kier molecular flexibility index (Phi) is 11.2. The molecular weight excluding hydrogens is 649 g/mol. The fourth-order valence-corrected chi connectivity index (χ4v) is 6.54. The molecule has 0 aliphatic carbocycles. The third-order valence-corrected chi connectivity index (χ3v) is 9.27. The molecule has 0 saturated carbocycles. The third-order valence-electron chi connectivity index (χ3n) is 9.27. The van der Waals surface area contributed by atoms with Crippen LogP contribution in [0.2, 0.25) is 0 Å². The van der Waals surface area contributed by atoms with Gasteiger partial charge in [0.05, 0.1) is 18.1 Å². The van der Waals surface area contributed by atoms with Gasteiger partial charge in [-0.3, -0.25) is 14.7 Å². The molecule has 3 N–H and O–H groups in total. The van der Waals surface area contributed by atoms with Gasteiger partial charge in [-0.15, -0.1) is 0 Å². The molecule has 0 radical (unpaired) electrons. The third kappa shape index (κ3) is 8.01. The van der Waals surface area contributed by atoms with E-state index < -0.39 is 35.1 Å². The summed E-state index contributed by atoms with van der Waals surface area (Å²) in [6.07, 6.45) is 2.41. The number of carbonyl (C=O) groups is 1. The van der Waals surface area contributed by atoms with Crippen molar-refractivity contribution in [3.05, 3.63) is 41.9 Å². The summed E-state index contributed by atoms with van der Waals surface area (Å²) in [5, 5.41) is 3.27.